The molecular formula is C17H23N7O2. The molecule has 1 amide bonds. The number of anilines is 2. The molecule has 0 saturated carbocycles. The van der Waals surface area contributed by atoms with Crippen LogP contribution in [0.5, 0.6) is 0 Å². The van der Waals surface area contributed by atoms with E-state index in [1.807, 2.05) is 32.0 Å². The quantitative estimate of drug-likeness (QED) is 0.746. The van der Waals surface area contributed by atoms with Crippen molar-refractivity contribution in [1.82, 2.24) is 24.6 Å². The van der Waals surface area contributed by atoms with Gasteiger partial charge in [-0.05, 0) is 13.0 Å². The summed E-state index contributed by atoms with van der Waals surface area (Å²) in [6.45, 7) is 4.34. The molecule has 1 fully saturated rings. The van der Waals surface area contributed by atoms with E-state index in [-0.39, 0.29) is 18.0 Å². The molecule has 0 unspecified atom stereocenters. The van der Waals surface area contributed by atoms with E-state index in [0.717, 1.165) is 11.5 Å². The van der Waals surface area contributed by atoms with Crippen LogP contribution in [0.25, 0.3) is 0 Å². The third-order valence-corrected chi connectivity index (χ3v) is 4.27. The molecule has 9 nitrogen and oxygen atoms in total. The minimum atomic E-state index is -0.274. The Hall–Kier alpha value is -2.97. The highest BCUT2D eigenvalue weighted by Gasteiger charge is 2.23. The molecule has 2 aromatic heterocycles. The molecule has 0 spiro atoms. The number of hydrogen-bond donors (Lipinski definition) is 0. The minimum absolute atomic E-state index is 0.0363. The fraction of sp³-hybridized carbons (Fsp3) is 0.471. The maximum Gasteiger partial charge on any atom is 0.267 e. The fourth-order valence-electron chi connectivity index (χ4n) is 2.80. The van der Waals surface area contributed by atoms with E-state index in [2.05, 4.69) is 20.0 Å². The first-order valence-corrected chi connectivity index (χ1v) is 8.52. The molecule has 0 radical (unpaired) electrons. The van der Waals surface area contributed by atoms with Gasteiger partial charge in [-0.2, -0.15) is 10.1 Å². The number of aryl methyl sites for hydroxylation is 1. The van der Waals surface area contributed by atoms with Crippen molar-refractivity contribution in [2.45, 2.75) is 13.5 Å². The number of carbonyl (C=O) groups excluding carboxylic acids is 1. The standard InChI is InChI=1S/C17H23N7O2/c1-13-11-14(21(2)3)20-17(19-13)23-9-7-22(8-10-23)16(26)12-24-15(25)5-4-6-18-24/h4-6,11H,7-10,12H2,1-3H3. The molecule has 0 aromatic carbocycles. The monoisotopic (exact) mass is 357 g/mol. The summed E-state index contributed by atoms with van der Waals surface area (Å²) in [6, 6.07) is 4.90. The van der Waals surface area contributed by atoms with E-state index in [1.54, 1.807) is 11.0 Å². The van der Waals surface area contributed by atoms with E-state index in [9.17, 15) is 9.59 Å². The largest absolute Gasteiger partial charge is 0.363 e. The lowest BCUT2D eigenvalue weighted by molar-refractivity contribution is -0.132. The third kappa shape index (κ3) is 3.98. The zero-order valence-corrected chi connectivity index (χ0v) is 15.3. The topological polar surface area (TPSA) is 87.5 Å². The average Bonchev–Trinajstić information content (AvgIpc) is 2.63. The van der Waals surface area contributed by atoms with Crippen molar-refractivity contribution < 1.29 is 4.79 Å². The van der Waals surface area contributed by atoms with Gasteiger partial charge in [-0.1, -0.05) is 0 Å². The molecule has 3 heterocycles. The van der Waals surface area contributed by atoms with E-state index in [0.29, 0.717) is 32.1 Å². The van der Waals surface area contributed by atoms with Crippen LogP contribution >= 0.6 is 0 Å². The molecule has 138 valence electrons. The van der Waals surface area contributed by atoms with Gasteiger partial charge in [-0.15, -0.1) is 0 Å². The van der Waals surface area contributed by atoms with Crippen LogP contribution in [0.2, 0.25) is 0 Å². The smallest absolute Gasteiger partial charge is 0.267 e. The van der Waals surface area contributed by atoms with Crippen LogP contribution in [0, 0.1) is 6.92 Å². The van der Waals surface area contributed by atoms with Crippen molar-refractivity contribution in [3.8, 4) is 0 Å². The van der Waals surface area contributed by atoms with Gasteiger partial charge in [0.25, 0.3) is 5.56 Å². The maximum atomic E-state index is 12.4. The first kappa shape index (κ1) is 17.8. The summed E-state index contributed by atoms with van der Waals surface area (Å²) in [6.07, 6.45) is 1.50. The molecule has 2 aromatic rings. The first-order chi connectivity index (χ1) is 12.4. The molecular weight excluding hydrogens is 334 g/mol. The molecule has 0 bridgehead atoms. The molecule has 26 heavy (non-hydrogen) atoms. The summed E-state index contributed by atoms with van der Waals surface area (Å²) in [5.41, 5.74) is 0.635. The Labute approximate surface area is 151 Å². The Morgan fingerprint density at radius 1 is 1.19 bits per heavy atom. The average molecular weight is 357 g/mol. The Morgan fingerprint density at radius 3 is 2.58 bits per heavy atom. The van der Waals surface area contributed by atoms with E-state index < -0.39 is 0 Å². The van der Waals surface area contributed by atoms with Crippen molar-refractivity contribution in [3.05, 3.63) is 40.4 Å². The van der Waals surface area contributed by atoms with Crippen LogP contribution < -0.4 is 15.4 Å². The predicted octanol–water partition coefficient (Wildman–Crippen LogP) is -0.243. The SMILES string of the molecule is Cc1cc(N(C)C)nc(N2CCN(C(=O)Cn3ncccc3=O)CC2)n1. The van der Waals surface area contributed by atoms with Crippen LogP contribution in [-0.4, -0.2) is 70.8 Å². The highest BCUT2D eigenvalue weighted by Crippen LogP contribution is 2.17. The molecule has 0 N–H and O–H groups in total. The van der Waals surface area contributed by atoms with Gasteiger partial charge in [0.15, 0.2) is 0 Å². The zero-order valence-electron chi connectivity index (χ0n) is 15.3. The second-order valence-corrected chi connectivity index (χ2v) is 6.45. The molecule has 0 aliphatic carbocycles. The fourth-order valence-corrected chi connectivity index (χ4v) is 2.80. The Bertz CT molecular complexity index is 841. The lowest BCUT2D eigenvalue weighted by atomic mass is 10.3. The van der Waals surface area contributed by atoms with Gasteiger partial charge in [-0.25, -0.2) is 9.67 Å². The molecule has 3 rings (SSSR count). The van der Waals surface area contributed by atoms with Crippen molar-refractivity contribution in [3.63, 3.8) is 0 Å². The number of hydrogen-bond acceptors (Lipinski definition) is 7. The normalized spacial score (nSPS) is 14.4. The van der Waals surface area contributed by atoms with Crippen LogP contribution in [0.3, 0.4) is 0 Å². The number of piperazine rings is 1. The van der Waals surface area contributed by atoms with Crippen LogP contribution in [0.4, 0.5) is 11.8 Å². The van der Waals surface area contributed by atoms with E-state index in [1.165, 1.54) is 16.9 Å². The highest BCUT2D eigenvalue weighted by atomic mass is 16.2. The molecule has 1 aliphatic rings. The van der Waals surface area contributed by atoms with Gasteiger partial charge >= 0.3 is 0 Å². The zero-order chi connectivity index (χ0) is 18.7. The van der Waals surface area contributed by atoms with E-state index in [4.69, 9.17) is 0 Å². The van der Waals surface area contributed by atoms with Gasteiger partial charge in [0, 0.05) is 64.3 Å². The number of carbonyl (C=O) groups is 1. The lowest BCUT2D eigenvalue weighted by Gasteiger charge is -2.35. The Balaban J connectivity index is 1.63. The summed E-state index contributed by atoms with van der Waals surface area (Å²) in [5.74, 6) is 1.44. The summed E-state index contributed by atoms with van der Waals surface area (Å²) < 4.78 is 1.18. The molecule has 1 saturated heterocycles. The maximum absolute atomic E-state index is 12.4. The van der Waals surface area contributed by atoms with Gasteiger partial charge in [0.05, 0.1) is 0 Å². The Kier molecular flexibility index (Phi) is 5.15. The number of nitrogens with zero attached hydrogens (tertiary/aromatic N) is 7. The number of amides is 1. The Morgan fingerprint density at radius 2 is 1.92 bits per heavy atom. The lowest BCUT2D eigenvalue weighted by Crippen LogP contribution is -2.50. The summed E-state index contributed by atoms with van der Waals surface area (Å²) >= 11 is 0. The van der Waals surface area contributed by atoms with Crippen molar-refractivity contribution in [1.29, 1.82) is 0 Å². The summed E-state index contributed by atoms with van der Waals surface area (Å²) in [7, 11) is 3.89. The van der Waals surface area contributed by atoms with Crippen LogP contribution in [0.1, 0.15) is 5.69 Å². The van der Waals surface area contributed by atoms with Gasteiger partial charge in [0.1, 0.15) is 12.4 Å². The van der Waals surface area contributed by atoms with Crippen molar-refractivity contribution in [2.24, 2.45) is 0 Å². The van der Waals surface area contributed by atoms with Crippen LogP contribution in [0.15, 0.2) is 29.2 Å². The molecule has 1 aliphatic heterocycles. The number of rotatable bonds is 4. The molecule has 0 atom stereocenters. The minimum Gasteiger partial charge on any atom is -0.363 e. The predicted molar refractivity (Wildman–Crippen MR) is 98.4 cm³/mol. The van der Waals surface area contributed by atoms with Gasteiger partial charge < -0.3 is 14.7 Å². The van der Waals surface area contributed by atoms with Gasteiger partial charge in [-0.3, -0.25) is 9.59 Å². The van der Waals surface area contributed by atoms with Crippen molar-refractivity contribution in [2.75, 3.05) is 50.1 Å². The van der Waals surface area contributed by atoms with Crippen molar-refractivity contribution >= 4 is 17.7 Å². The van der Waals surface area contributed by atoms with E-state index >= 15 is 0 Å². The summed E-state index contributed by atoms with van der Waals surface area (Å²) in [5, 5.41) is 3.93. The summed E-state index contributed by atoms with van der Waals surface area (Å²) in [4.78, 5) is 39.0. The highest BCUT2D eigenvalue weighted by molar-refractivity contribution is 5.76. The van der Waals surface area contributed by atoms with Gasteiger partial charge in [0.2, 0.25) is 11.9 Å². The number of aromatic nitrogens is 4. The second kappa shape index (κ2) is 7.51. The second-order valence-electron chi connectivity index (χ2n) is 6.45. The van der Waals surface area contributed by atoms with Crippen LogP contribution in [-0.2, 0) is 11.3 Å². The third-order valence-electron chi connectivity index (χ3n) is 4.27. The molecule has 9 heteroatoms. The first-order valence-electron chi connectivity index (χ1n) is 8.52.